The Bertz CT molecular complexity index is 402. The van der Waals surface area contributed by atoms with Crippen molar-refractivity contribution in [2.75, 3.05) is 38.3 Å². The molecule has 0 radical (unpaired) electrons. The van der Waals surface area contributed by atoms with Crippen molar-refractivity contribution in [3.63, 3.8) is 0 Å². The van der Waals surface area contributed by atoms with E-state index in [1.165, 1.54) is 11.3 Å². The summed E-state index contributed by atoms with van der Waals surface area (Å²) in [4.78, 5) is 7.96. The van der Waals surface area contributed by atoms with Crippen LogP contribution in [-0.2, 0) is 16.1 Å². The maximum atomic E-state index is 5.69. The van der Waals surface area contributed by atoms with Gasteiger partial charge in [0.1, 0.15) is 4.99 Å². The highest BCUT2D eigenvalue weighted by Crippen LogP contribution is 2.27. The van der Waals surface area contributed by atoms with Gasteiger partial charge in [-0.2, -0.15) is 0 Å². The second-order valence-corrected chi connectivity index (χ2v) is 5.09. The molecular weight excluding hydrogens is 258 g/mol. The summed E-state index contributed by atoms with van der Waals surface area (Å²) in [6, 6.07) is 0. The molecule has 1 aromatic rings. The molecule has 0 aromatic carbocycles. The molecule has 1 aliphatic rings. The van der Waals surface area contributed by atoms with Crippen LogP contribution in [0.15, 0.2) is 0 Å². The molecule has 0 aliphatic carbocycles. The summed E-state index contributed by atoms with van der Waals surface area (Å²) in [6.45, 7) is 3.63. The van der Waals surface area contributed by atoms with Crippen LogP contribution in [0.1, 0.15) is 10.6 Å². The van der Waals surface area contributed by atoms with E-state index in [2.05, 4.69) is 9.88 Å². The van der Waals surface area contributed by atoms with Gasteiger partial charge in [0.25, 0.3) is 0 Å². The number of morpholine rings is 1. The van der Waals surface area contributed by atoms with E-state index < -0.39 is 0 Å². The Labute approximate surface area is 110 Å². The largest absolute Gasteiger partial charge is 0.389 e. The van der Waals surface area contributed by atoms with Crippen LogP contribution in [0.3, 0.4) is 0 Å². The quantitative estimate of drug-likeness (QED) is 0.817. The smallest absolute Gasteiger partial charge is 0.186 e. The van der Waals surface area contributed by atoms with Crippen LogP contribution >= 0.6 is 23.6 Å². The van der Waals surface area contributed by atoms with Crippen molar-refractivity contribution in [1.82, 2.24) is 4.98 Å². The number of nitrogens with two attached hydrogens (primary N) is 1. The Hall–Kier alpha value is -0.760. The van der Waals surface area contributed by atoms with E-state index in [4.69, 9.17) is 27.4 Å². The third-order valence-electron chi connectivity index (χ3n) is 2.47. The number of hydrogen-bond donors (Lipinski definition) is 1. The van der Waals surface area contributed by atoms with Gasteiger partial charge >= 0.3 is 0 Å². The molecule has 0 atom stereocenters. The van der Waals surface area contributed by atoms with Crippen LogP contribution in [0.2, 0.25) is 0 Å². The van der Waals surface area contributed by atoms with E-state index in [0.717, 1.165) is 42.0 Å². The molecule has 0 saturated carbocycles. The van der Waals surface area contributed by atoms with E-state index >= 15 is 0 Å². The first-order valence-corrected chi connectivity index (χ1v) is 6.56. The first-order chi connectivity index (χ1) is 8.22. The van der Waals surface area contributed by atoms with E-state index in [0.29, 0.717) is 11.6 Å². The topological polar surface area (TPSA) is 60.6 Å². The number of aromatic nitrogens is 1. The second kappa shape index (κ2) is 5.72. The Morgan fingerprint density at radius 2 is 2.29 bits per heavy atom. The number of thiocarbonyl (C=S) groups is 1. The molecule has 5 nitrogen and oxygen atoms in total. The Balaban J connectivity index is 2.22. The molecule has 2 rings (SSSR count). The molecule has 1 aromatic heterocycles. The van der Waals surface area contributed by atoms with Gasteiger partial charge in [0.2, 0.25) is 0 Å². The summed E-state index contributed by atoms with van der Waals surface area (Å²) in [5.41, 5.74) is 6.52. The van der Waals surface area contributed by atoms with E-state index in [1.807, 2.05) is 0 Å². The summed E-state index contributed by atoms with van der Waals surface area (Å²) in [5.74, 6) is 0. The number of rotatable bonds is 4. The van der Waals surface area contributed by atoms with Crippen molar-refractivity contribution in [3.8, 4) is 0 Å². The number of thiazole rings is 1. The minimum atomic E-state index is 0.383. The van der Waals surface area contributed by atoms with Gasteiger partial charge in [-0.3, -0.25) is 0 Å². The summed E-state index contributed by atoms with van der Waals surface area (Å²) in [6.07, 6.45) is 0. The molecule has 94 valence electrons. The normalized spacial score (nSPS) is 16.2. The standard InChI is InChI=1S/C10H15N3O2S2/c1-14-6-7-8(9(11)16)17-10(12-7)13-2-4-15-5-3-13/h2-6H2,1H3,(H2,11,16). The second-order valence-electron chi connectivity index (χ2n) is 3.67. The lowest BCUT2D eigenvalue weighted by atomic mass is 10.4. The molecule has 1 fully saturated rings. The summed E-state index contributed by atoms with van der Waals surface area (Å²) in [5, 5.41) is 0.947. The monoisotopic (exact) mass is 273 g/mol. The Morgan fingerprint density at radius 1 is 1.59 bits per heavy atom. The predicted octanol–water partition coefficient (Wildman–Crippen LogP) is 0.760. The van der Waals surface area contributed by atoms with Crippen molar-refractivity contribution in [3.05, 3.63) is 10.6 Å². The van der Waals surface area contributed by atoms with E-state index in [-0.39, 0.29) is 0 Å². The zero-order valence-corrected chi connectivity index (χ0v) is 11.3. The fourth-order valence-electron chi connectivity index (χ4n) is 1.66. The minimum Gasteiger partial charge on any atom is -0.389 e. The highest BCUT2D eigenvalue weighted by molar-refractivity contribution is 7.81. The number of hydrogen-bond acceptors (Lipinski definition) is 6. The highest BCUT2D eigenvalue weighted by atomic mass is 32.1. The number of ether oxygens (including phenoxy) is 2. The molecule has 2 heterocycles. The van der Waals surface area contributed by atoms with Gasteiger partial charge in [-0.15, -0.1) is 0 Å². The zero-order valence-electron chi connectivity index (χ0n) is 9.64. The van der Waals surface area contributed by atoms with Crippen LogP contribution in [0, 0.1) is 0 Å². The van der Waals surface area contributed by atoms with Crippen molar-refractivity contribution in [1.29, 1.82) is 0 Å². The van der Waals surface area contributed by atoms with Crippen LogP contribution < -0.4 is 10.6 Å². The van der Waals surface area contributed by atoms with Gasteiger partial charge in [-0.05, 0) is 0 Å². The van der Waals surface area contributed by atoms with Crippen LogP contribution in [0.5, 0.6) is 0 Å². The number of methoxy groups -OCH3 is 1. The van der Waals surface area contributed by atoms with Crippen LogP contribution in [0.4, 0.5) is 5.13 Å². The summed E-state index contributed by atoms with van der Waals surface area (Å²) < 4.78 is 10.4. The number of anilines is 1. The number of nitrogens with zero attached hydrogens (tertiary/aromatic N) is 2. The fourth-order valence-corrected chi connectivity index (χ4v) is 2.87. The molecule has 17 heavy (non-hydrogen) atoms. The highest BCUT2D eigenvalue weighted by Gasteiger charge is 2.19. The molecule has 0 unspecified atom stereocenters. The molecule has 2 N–H and O–H groups in total. The molecule has 0 spiro atoms. The molecular formula is C10H15N3O2S2. The van der Waals surface area contributed by atoms with Gasteiger partial charge in [0, 0.05) is 20.2 Å². The summed E-state index contributed by atoms with van der Waals surface area (Å²) >= 11 is 6.56. The van der Waals surface area contributed by atoms with Crippen molar-refractivity contribution >= 4 is 33.7 Å². The van der Waals surface area contributed by atoms with Crippen LogP contribution in [0.25, 0.3) is 0 Å². The lowest BCUT2D eigenvalue weighted by Gasteiger charge is -2.26. The first-order valence-electron chi connectivity index (χ1n) is 5.33. The van der Waals surface area contributed by atoms with Gasteiger partial charge in [0.15, 0.2) is 5.13 Å². The lowest BCUT2D eigenvalue weighted by Crippen LogP contribution is -2.36. The maximum absolute atomic E-state index is 5.69. The molecule has 7 heteroatoms. The molecule has 1 aliphatic heterocycles. The fraction of sp³-hybridized carbons (Fsp3) is 0.600. The maximum Gasteiger partial charge on any atom is 0.186 e. The van der Waals surface area contributed by atoms with Gasteiger partial charge in [-0.1, -0.05) is 23.6 Å². The first kappa shape index (κ1) is 12.7. The van der Waals surface area contributed by atoms with Gasteiger partial charge in [-0.25, -0.2) is 4.98 Å². The van der Waals surface area contributed by atoms with Gasteiger partial charge < -0.3 is 20.1 Å². The minimum absolute atomic E-state index is 0.383. The van der Waals surface area contributed by atoms with Crippen molar-refractivity contribution < 1.29 is 9.47 Å². The lowest BCUT2D eigenvalue weighted by molar-refractivity contribution is 0.122. The van der Waals surface area contributed by atoms with E-state index in [1.54, 1.807) is 7.11 Å². The third kappa shape index (κ3) is 2.92. The average molecular weight is 273 g/mol. The van der Waals surface area contributed by atoms with Crippen molar-refractivity contribution in [2.24, 2.45) is 5.73 Å². The Morgan fingerprint density at radius 3 is 2.88 bits per heavy atom. The molecule has 1 saturated heterocycles. The van der Waals surface area contributed by atoms with E-state index in [9.17, 15) is 0 Å². The summed E-state index contributed by atoms with van der Waals surface area (Å²) in [7, 11) is 1.64. The third-order valence-corrected chi connectivity index (χ3v) is 4.00. The zero-order chi connectivity index (χ0) is 12.3. The average Bonchev–Trinajstić information content (AvgIpc) is 2.75. The predicted molar refractivity (Wildman–Crippen MR) is 71.7 cm³/mol. The van der Waals surface area contributed by atoms with Gasteiger partial charge in [0.05, 0.1) is 30.4 Å². The molecule has 0 bridgehead atoms. The Kier molecular flexibility index (Phi) is 4.27. The molecule has 0 amide bonds. The SMILES string of the molecule is COCc1nc(N2CCOCC2)sc1C(N)=S. The van der Waals surface area contributed by atoms with Crippen LogP contribution in [-0.4, -0.2) is 43.4 Å². The van der Waals surface area contributed by atoms with Crippen molar-refractivity contribution in [2.45, 2.75) is 6.61 Å².